The number of hydrogen-bond acceptors (Lipinski definition) is 3. The Bertz CT molecular complexity index is 798. The number of halogens is 1. The molecule has 0 spiro atoms. The maximum atomic E-state index is 13.6. The summed E-state index contributed by atoms with van der Waals surface area (Å²) in [6.45, 7) is 2.68. The maximum Gasteiger partial charge on any atom is 0.244 e. The van der Waals surface area contributed by atoms with E-state index in [1.807, 2.05) is 18.2 Å². The van der Waals surface area contributed by atoms with E-state index < -0.39 is 0 Å². The van der Waals surface area contributed by atoms with Crippen molar-refractivity contribution in [3.63, 3.8) is 0 Å². The lowest BCUT2D eigenvalue weighted by Crippen LogP contribution is -2.43. The second-order valence-electron chi connectivity index (χ2n) is 6.73. The molecule has 142 valence electrons. The number of amides is 1. The van der Waals surface area contributed by atoms with Crippen molar-refractivity contribution in [1.82, 2.24) is 10.2 Å². The molecular weight excluding hydrogens is 343 g/mol. The van der Waals surface area contributed by atoms with Gasteiger partial charge in [-0.3, -0.25) is 9.69 Å². The number of nitrogens with zero attached hydrogens (tertiary/aromatic N) is 1. The molecule has 0 aromatic heterocycles. The lowest BCUT2D eigenvalue weighted by Gasteiger charge is -2.32. The van der Waals surface area contributed by atoms with Gasteiger partial charge < -0.3 is 10.1 Å². The standard InChI is InChI=1S/C22H25FN2O2/c1-27-21-9-5-3-7-18(21)16-25-14-12-19(13-15-25)24-22(26)11-10-17-6-2-4-8-20(17)23/h2-11,19H,12-16H2,1H3,(H,24,26). The molecule has 5 heteroatoms. The van der Waals surface area contributed by atoms with Gasteiger partial charge in [-0.05, 0) is 31.1 Å². The quantitative estimate of drug-likeness (QED) is 0.792. The fourth-order valence-electron chi connectivity index (χ4n) is 3.33. The number of methoxy groups -OCH3 is 1. The minimum Gasteiger partial charge on any atom is -0.496 e. The summed E-state index contributed by atoms with van der Waals surface area (Å²) < 4.78 is 19.0. The predicted molar refractivity (Wildman–Crippen MR) is 105 cm³/mol. The van der Waals surface area contributed by atoms with E-state index in [0.717, 1.165) is 38.2 Å². The average Bonchev–Trinajstić information content (AvgIpc) is 2.69. The van der Waals surface area contributed by atoms with E-state index in [1.165, 1.54) is 23.8 Å². The van der Waals surface area contributed by atoms with Crippen molar-refractivity contribution in [3.8, 4) is 5.75 Å². The molecule has 0 unspecified atom stereocenters. The predicted octanol–water partition coefficient (Wildman–Crippen LogP) is 3.63. The Kier molecular flexibility index (Phi) is 6.60. The van der Waals surface area contributed by atoms with Crippen molar-refractivity contribution in [2.75, 3.05) is 20.2 Å². The summed E-state index contributed by atoms with van der Waals surface area (Å²) in [7, 11) is 1.69. The molecule has 1 aliphatic rings. The molecule has 1 N–H and O–H groups in total. The van der Waals surface area contributed by atoms with Crippen LogP contribution in [0.4, 0.5) is 4.39 Å². The molecule has 2 aromatic carbocycles. The van der Waals surface area contributed by atoms with Crippen molar-refractivity contribution >= 4 is 12.0 Å². The smallest absolute Gasteiger partial charge is 0.244 e. The van der Waals surface area contributed by atoms with E-state index in [4.69, 9.17) is 4.74 Å². The number of likely N-dealkylation sites (tertiary alicyclic amines) is 1. The number of hydrogen-bond donors (Lipinski definition) is 1. The van der Waals surface area contributed by atoms with Crippen LogP contribution in [-0.2, 0) is 11.3 Å². The second kappa shape index (κ2) is 9.33. The molecule has 1 heterocycles. The Morgan fingerprint density at radius 1 is 1.19 bits per heavy atom. The van der Waals surface area contributed by atoms with Crippen LogP contribution in [0.25, 0.3) is 6.08 Å². The summed E-state index contributed by atoms with van der Waals surface area (Å²) in [6.07, 6.45) is 4.71. The highest BCUT2D eigenvalue weighted by Gasteiger charge is 2.20. The summed E-state index contributed by atoms with van der Waals surface area (Å²) in [5.74, 6) is 0.402. The van der Waals surface area contributed by atoms with Gasteiger partial charge >= 0.3 is 0 Å². The van der Waals surface area contributed by atoms with Crippen LogP contribution in [0.15, 0.2) is 54.6 Å². The molecule has 1 saturated heterocycles. The number of rotatable bonds is 6. The molecule has 0 saturated carbocycles. The van der Waals surface area contributed by atoms with Gasteiger partial charge in [0.25, 0.3) is 0 Å². The van der Waals surface area contributed by atoms with E-state index in [1.54, 1.807) is 25.3 Å². The molecule has 3 rings (SSSR count). The fraction of sp³-hybridized carbons (Fsp3) is 0.318. The van der Waals surface area contributed by atoms with Gasteiger partial charge in [-0.2, -0.15) is 0 Å². The number of carbonyl (C=O) groups is 1. The Balaban J connectivity index is 1.46. The SMILES string of the molecule is COc1ccccc1CN1CCC(NC(=O)C=Cc2ccccc2F)CC1. The number of carbonyl (C=O) groups excluding carboxylic acids is 1. The van der Waals surface area contributed by atoms with Gasteiger partial charge in [0.1, 0.15) is 11.6 Å². The number of benzene rings is 2. The first-order valence-electron chi connectivity index (χ1n) is 9.23. The van der Waals surface area contributed by atoms with Crippen LogP contribution in [0.5, 0.6) is 5.75 Å². The third kappa shape index (κ3) is 5.41. The second-order valence-corrected chi connectivity index (χ2v) is 6.73. The van der Waals surface area contributed by atoms with Gasteiger partial charge in [0.15, 0.2) is 0 Å². The zero-order chi connectivity index (χ0) is 19.1. The van der Waals surface area contributed by atoms with Crippen LogP contribution >= 0.6 is 0 Å². The highest BCUT2D eigenvalue weighted by molar-refractivity contribution is 5.91. The molecule has 0 atom stereocenters. The van der Waals surface area contributed by atoms with E-state index in [2.05, 4.69) is 16.3 Å². The molecule has 2 aromatic rings. The van der Waals surface area contributed by atoms with Crippen LogP contribution in [0.3, 0.4) is 0 Å². The number of ether oxygens (including phenoxy) is 1. The normalized spacial score (nSPS) is 15.8. The lowest BCUT2D eigenvalue weighted by molar-refractivity contribution is -0.117. The van der Waals surface area contributed by atoms with E-state index in [9.17, 15) is 9.18 Å². The Morgan fingerprint density at radius 3 is 2.63 bits per heavy atom. The molecule has 0 bridgehead atoms. The average molecular weight is 368 g/mol. The van der Waals surface area contributed by atoms with Gasteiger partial charge in [0, 0.05) is 42.9 Å². The molecule has 4 nitrogen and oxygen atoms in total. The van der Waals surface area contributed by atoms with Gasteiger partial charge in [-0.25, -0.2) is 4.39 Å². The minimum absolute atomic E-state index is 0.150. The topological polar surface area (TPSA) is 41.6 Å². The van der Waals surface area contributed by atoms with Gasteiger partial charge in [0.05, 0.1) is 7.11 Å². The van der Waals surface area contributed by atoms with Crippen LogP contribution in [0.2, 0.25) is 0 Å². The van der Waals surface area contributed by atoms with Crippen LogP contribution < -0.4 is 10.1 Å². The zero-order valence-corrected chi connectivity index (χ0v) is 15.5. The minimum atomic E-state index is -0.328. The van der Waals surface area contributed by atoms with Crippen molar-refractivity contribution in [2.24, 2.45) is 0 Å². The van der Waals surface area contributed by atoms with Crippen molar-refractivity contribution < 1.29 is 13.9 Å². The maximum absolute atomic E-state index is 13.6. The molecule has 0 aliphatic carbocycles. The van der Waals surface area contributed by atoms with Crippen molar-refractivity contribution in [1.29, 1.82) is 0 Å². The van der Waals surface area contributed by atoms with Gasteiger partial charge in [0.2, 0.25) is 5.91 Å². The summed E-state index contributed by atoms with van der Waals surface area (Å²) >= 11 is 0. The summed E-state index contributed by atoms with van der Waals surface area (Å²) in [5.41, 5.74) is 1.59. The summed E-state index contributed by atoms with van der Waals surface area (Å²) in [6, 6.07) is 14.6. The third-order valence-electron chi connectivity index (χ3n) is 4.84. The van der Waals surface area contributed by atoms with E-state index >= 15 is 0 Å². The highest BCUT2D eigenvalue weighted by atomic mass is 19.1. The number of nitrogens with one attached hydrogen (secondary N) is 1. The van der Waals surface area contributed by atoms with Crippen molar-refractivity contribution in [3.05, 3.63) is 71.6 Å². The Labute approximate surface area is 159 Å². The monoisotopic (exact) mass is 368 g/mol. The molecule has 1 aliphatic heterocycles. The van der Waals surface area contributed by atoms with Crippen LogP contribution in [0, 0.1) is 5.82 Å². The molecule has 1 fully saturated rings. The Morgan fingerprint density at radius 2 is 1.89 bits per heavy atom. The summed E-state index contributed by atoms with van der Waals surface area (Å²) in [4.78, 5) is 14.5. The molecule has 27 heavy (non-hydrogen) atoms. The van der Waals surface area contributed by atoms with Gasteiger partial charge in [-0.15, -0.1) is 0 Å². The molecule has 0 radical (unpaired) electrons. The highest BCUT2D eigenvalue weighted by Crippen LogP contribution is 2.21. The first-order chi connectivity index (χ1) is 13.2. The van der Waals surface area contributed by atoms with E-state index in [-0.39, 0.29) is 17.8 Å². The fourth-order valence-corrected chi connectivity index (χ4v) is 3.33. The summed E-state index contributed by atoms with van der Waals surface area (Å²) in [5, 5.41) is 3.02. The molecular formula is C22H25FN2O2. The van der Waals surface area contributed by atoms with E-state index in [0.29, 0.717) is 5.56 Å². The van der Waals surface area contributed by atoms with Gasteiger partial charge in [-0.1, -0.05) is 36.4 Å². The number of piperidine rings is 1. The largest absolute Gasteiger partial charge is 0.496 e. The first-order valence-corrected chi connectivity index (χ1v) is 9.23. The Hall–Kier alpha value is -2.66. The van der Waals surface area contributed by atoms with Crippen molar-refractivity contribution in [2.45, 2.75) is 25.4 Å². The molecule has 1 amide bonds. The van der Waals surface area contributed by atoms with Crippen LogP contribution in [0.1, 0.15) is 24.0 Å². The first kappa shape index (κ1) is 19.1. The zero-order valence-electron chi connectivity index (χ0n) is 15.5. The lowest BCUT2D eigenvalue weighted by atomic mass is 10.0. The van der Waals surface area contributed by atoms with Crippen LogP contribution in [-0.4, -0.2) is 37.0 Å². The third-order valence-corrected chi connectivity index (χ3v) is 4.84. The number of para-hydroxylation sites is 1.